The lowest BCUT2D eigenvalue weighted by Crippen LogP contribution is -2.12. The van der Waals surface area contributed by atoms with Gasteiger partial charge in [0.2, 0.25) is 0 Å². The van der Waals surface area contributed by atoms with Crippen LogP contribution in [0, 0.1) is 5.92 Å². The van der Waals surface area contributed by atoms with Crippen LogP contribution in [-0.2, 0) is 0 Å². The summed E-state index contributed by atoms with van der Waals surface area (Å²) in [5, 5.41) is 9.71. The Morgan fingerprint density at radius 2 is 2.21 bits per heavy atom. The van der Waals surface area contributed by atoms with Gasteiger partial charge >= 0.3 is 0 Å². The number of nitrogens with two attached hydrogens (primary N) is 1. The predicted octanol–water partition coefficient (Wildman–Crippen LogP) is 1.81. The van der Waals surface area contributed by atoms with E-state index in [2.05, 4.69) is 0 Å². The Balaban J connectivity index is 2.24. The zero-order valence-electron chi connectivity index (χ0n) is 8.23. The predicted molar refractivity (Wildman–Crippen MR) is 54.3 cm³/mol. The summed E-state index contributed by atoms with van der Waals surface area (Å²) in [5.74, 6) is 1.45. The second kappa shape index (κ2) is 3.50. The Morgan fingerprint density at radius 3 is 2.71 bits per heavy atom. The van der Waals surface area contributed by atoms with Gasteiger partial charge in [0.05, 0.1) is 7.11 Å². The van der Waals surface area contributed by atoms with E-state index < -0.39 is 0 Å². The molecule has 76 valence electrons. The molecule has 1 aromatic carbocycles. The van der Waals surface area contributed by atoms with E-state index in [1.807, 2.05) is 12.1 Å². The van der Waals surface area contributed by atoms with E-state index in [1.165, 1.54) is 12.8 Å². The van der Waals surface area contributed by atoms with Crippen LogP contribution in [0.2, 0.25) is 0 Å². The van der Waals surface area contributed by atoms with Gasteiger partial charge in [0.25, 0.3) is 0 Å². The molecular formula is C11H15NO2. The van der Waals surface area contributed by atoms with E-state index in [-0.39, 0.29) is 11.8 Å². The van der Waals surface area contributed by atoms with Gasteiger partial charge in [-0.3, -0.25) is 0 Å². The highest BCUT2D eigenvalue weighted by molar-refractivity contribution is 5.41. The Hall–Kier alpha value is -1.22. The van der Waals surface area contributed by atoms with Gasteiger partial charge in [-0.05, 0) is 24.8 Å². The molecule has 0 radical (unpaired) electrons. The SMILES string of the molecule is COc1ccc([C@H](N)C2CC2)c(O)c1. The van der Waals surface area contributed by atoms with E-state index in [0.29, 0.717) is 11.7 Å². The average Bonchev–Trinajstić information content (AvgIpc) is 3.00. The van der Waals surface area contributed by atoms with Gasteiger partial charge in [0.1, 0.15) is 11.5 Å². The first-order valence-electron chi connectivity index (χ1n) is 4.85. The van der Waals surface area contributed by atoms with Gasteiger partial charge in [0.15, 0.2) is 0 Å². The number of rotatable bonds is 3. The summed E-state index contributed by atoms with van der Waals surface area (Å²) in [6.07, 6.45) is 2.35. The van der Waals surface area contributed by atoms with Crippen LogP contribution in [0.25, 0.3) is 0 Å². The van der Waals surface area contributed by atoms with Gasteiger partial charge in [-0.2, -0.15) is 0 Å². The molecule has 0 amide bonds. The molecule has 0 bridgehead atoms. The molecule has 3 N–H and O–H groups in total. The number of methoxy groups -OCH3 is 1. The van der Waals surface area contributed by atoms with Crippen molar-refractivity contribution in [3.8, 4) is 11.5 Å². The monoisotopic (exact) mass is 193 g/mol. The summed E-state index contributed by atoms with van der Waals surface area (Å²) >= 11 is 0. The minimum Gasteiger partial charge on any atom is -0.507 e. The number of phenolic OH excluding ortho intramolecular Hbond substituents is 1. The highest BCUT2D eigenvalue weighted by Crippen LogP contribution is 2.42. The molecule has 1 aromatic rings. The van der Waals surface area contributed by atoms with E-state index in [0.717, 1.165) is 5.56 Å². The molecule has 3 nitrogen and oxygen atoms in total. The fourth-order valence-corrected chi connectivity index (χ4v) is 1.64. The van der Waals surface area contributed by atoms with Crippen LogP contribution in [0.3, 0.4) is 0 Å². The molecule has 14 heavy (non-hydrogen) atoms. The summed E-state index contributed by atoms with van der Waals surface area (Å²) in [6, 6.07) is 5.26. The van der Waals surface area contributed by atoms with Gasteiger partial charge in [0, 0.05) is 17.7 Å². The van der Waals surface area contributed by atoms with Crippen LogP contribution < -0.4 is 10.5 Å². The number of aromatic hydroxyl groups is 1. The fourth-order valence-electron chi connectivity index (χ4n) is 1.64. The molecule has 1 aliphatic rings. The fraction of sp³-hybridized carbons (Fsp3) is 0.455. The van der Waals surface area contributed by atoms with Crippen LogP contribution in [0.4, 0.5) is 0 Å². The molecule has 0 aromatic heterocycles. The zero-order valence-corrected chi connectivity index (χ0v) is 8.23. The summed E-state index contributed by atoms with van der Waals surface area (Å²) in [4.78, 5) is 0. The third-order valence-corrected chi connectivity index (χ3v) is 2.73. The van der Waals surface area contributed by atoms with Crippen LogP contribution in [0.1, 0.15) is 24.4 Å². The largest absolute Gasteiger partial charge is 0.507 e. The van der Waals surface area contributed by atoms with Crippen molar-refractivity contribution >= 4 is 0 Å². The highest BCUT2D eigenvalue weighted by Gasteiger charge is 2.30. The normalized spacial score (nSPS) is 17.9. The lowest BCUT2D eigenvalue weighted by molar-refractivity contribution is 0.404. The van der Waals surface area contributed by atoms with Crippen LogP contribution in [0.5, 0.6) is 11.5 Å². The number of benzene rings is 1. The van der Waals surface area contributed by atoms with E-state index >= 15 is 0 Å². The van der Waals surface area contributed by atoms with Crippen LogP contribution >= 0.6 is 0 Å². The van der Waals surface area contributed by atoms with Gasteiger partial charge in [-0.25, -0.2) is 0 Å². The van der Waals surface area contributed by atoms with Gasteiger partial charge in [-0.1, -0.05) is 6.07 Å². The van der Waals surface area contributed by atoms with E-state index in [4.69, 9.17) is 10.5 Å². The third kappa shape index (κ3) is 1.68. The summed E-state index contributed by atoms with van der Waals surface area (Å²) in [7, 11) is 1.58. The van der Waals surface area contributed by atoms with Crippen molar-refractivity contribution in [2.75, 3.05) is 7.11 Å². The molecule has 1 atom stereocenters. The summed E-state index contributed by atoms with van der Waals surface area (Å²) in [6.45, 7) is 0. The maximum Gasteiger partial charge on any atom is 0.124 e. The Morgan fingerprint density at radius 1 is 1.50 bits per heavy atom. The third-order valence-electron chi connectivity index (χ3n) is 2.73. The Bertz CT molecular complexity index is 334. The van der Waals surface area contributed by atoms with Crippen molar-refractivity contribution < 1.29 is 9.84 Å². The van der Waals surface area contributed by atoms with E-state index in [9.17, 15) is 5.11 Å². The standard InChI is InChI=1S/C11H15NO2/c1-14-8-4-5-9(10(13)6-8)11(12)7-2-3-7/h4-7,11,13H,2-3,12H2,1H3/t11-/m1/s1. The smallest absolute Gasteiger partial charge is 0.124 e. The minimum atomic E-state index is -0.0269. The van der Waals surface area contributed by atoms with Gasteiger partial charge in [-0.15, -0.1) is 0 Å². The molecule has 0 spiro atoms. The van der Waals surface area contributed by atoms with E-state index in [1.54, 1.807) is 13.2 Å². The molecular weight excluding hydrogens is 178 g/mol. The van der Waals surface area contributed by atoms with Crippen molar-refractivity contribution in [3.63, 3.8) is 0 Å². The molecule has 0 aliphatic heterocycles. The molecule has 3 heteroatoms. The summed E-state index contributed by atoms with van der Waals surface area (Å²) < 4.78 is 5.01. The number of phenols is 1. The number of ether oxygens (including phenoxy) is 1. The van der Waals surface area contributed by atoms with Crippen molar-refractivity contribution in [3.05, 3.63) is 23.8 Å². The molecule has 2 rings (SSSR count). The number of hydrogen-bond acceptors (Lipinski definition) is 3. The quantitative estimate of drug-likeness (QED) is 0.769. The van der Waals surface area contributed by atoms with Crippen molar-refractivity contribution in [1.82, 2.24) is 0 Å². The van der Waals surface area contributed by atoms with Crippen molar-refractivity contribution in [1.29, 1.82) is 0 Å². The highest BCUT2D eigenvalue weighted by atomic mass is 16.5. The second-order valence-corrected chi connectivity index (χ2v) is 3.79. The first kappa shape index (κ1) is 9.34. The maximum atomic E-state index is 9.71. The Kier molecular flexibility index (Phi) is 2.33. The molecule has 0 heterocycles. The summed E-state index contributed by atoms with van der Waals surface area (Å²) in [5.41, 5.74) is 6.82. The topological polar surface area (TPSA) is 55.5 Å². The number of hydrogen-bond donors (Lipinski definition) is 2. The lowest BCUT2D eigenvalue weighted by atomic mass is 10.0. The van der Waals surface area contributed by atoms with Crippen molar-refractivity contribution in [2.24, 2.45) is 11.7 Å². The zero-order chi connectivity index (χ0) is 10.1. The molecule has 1 fully saturated rings. The lowest BCUT2D eigenvalue weighted by Gasteiger charge is -2.13. The Labute approximate surface area is 83.5 Å². The van der Waals surface area contributed by atoms with Gasteiger partial charge < -0.3 is 15.6 Å². The van der Waals surface area contributed by atoms with Crippen molar-refractivity contribution in [2.45, 2.75) is 18.9 Å². The maximum absolute atomic E-state index is 9.71. The first-order chi connectivity index (χ1) is 6.72. The average molecular weight is 193 g/mol. The second-order valence-electron chi connectivity index (χ2n) is 3.79. The first-order valence-corrected chi connectivity index (χ1v) is 4.85. The molecule has 1 aliphatic carbocycles. The van der Waals surface area contributed by atoms with Crippen LogP contribution in [0.15, 0.2) is 18.2 Å². The molecule has 0 saturated heterocycles. The molecule has 1 saturated carbocycles. The van der Waals surface area contributed by atoms with Crippen LogP contribution in [-0.4, -0.2) is 12.2 Å². The minimum absolute atomic E-state index is 0.0269. The molecule has 0 unspecified atom stereocenters.